The Hall–Kier alpha value is -1.35. The number of primary amides is 1. The second-order valence-corrected chi connectivity index (χ2v) is 3.97. The first-order valence-electron chi connectivity index (χ1n) is 5.19. The third-order valence-electron chi connectivity index (χ3n) is 2.16. The highest BCUT2D eigenvalue weighted by molar-refractivity contribution is 5.80. The van der Waals surface area contributed by atoms with Gasteiger partial charge in [0.05, 0.1) is 6.04 Å². The molecule has 3 heteroatoms. The second-order valence-electron chi connectivity index (χ2n) is 3.97. The van der Waals surface area contributed by atoms with Gasteiger partial charge in [-0.1, -0.05) is 44.2 Å². The molecule has 1 rings (SSSR count). The molecule has 0 aliphatic heterocycles. The van der Waals surface area contributed by atoms with E-state index in [-0.39, 0.29) is 18.0 Å². The number of nitrogens with one attached hydrogen (secondary N) is 1. The van der Waals surface area contributed by atoms with Crippen molar-refractivity contribution in [2.45, 2.75) is 32.4 Å². The molecule has 0 aliphatic carbocycles. The Morgan fingerprint density at radius 1 is 1.33 bits per heavy atom. The average Bonchev–Trinajstić information content (AvgIpc) is 2.17. The molecule has 0 spiro atoms. The molecule has 15 heavy (non-hydrogen) atoms. The Labute approximate surface area is 90.7 Å². The summed E-state index contributed by atoms with van der Waals surface area (Å²) in [7, 11) is 0. The minimum Gasteiger partial charge on any atom is -0.368 e. The van der Waals surface area contributed by atoms with E-state index in [0.29, 0.717) is 6.42 Å². The van der Waals surface area contributed by atoms with Gasteiger partial charge in [-0.25, -0.2) is 0 Å². The number of benzene rings is 1. The van der Waals surface area contributed by atoms with Gasteiger partial charge >= 0.3 is 0 Å². The lowest BCUT2D eigenvalue weighted by atomic mass is 10.1. The van der Waals surface area contributed by atoms with Gasteiger partial charge in [0.25, 0.3) is 0 Å². The van der Waals surface area contributed by atoms with Crippen LogP contribution in [0.3, 0.4) is 0 Å². The van der Waals surface area contributed by atoms with Crippen molar-refractivity contribution in [1.29, 1.82) is 0 Å². The second kappa shape index (κ2) is 5.51. The summed E-state index contributed by atoms with van der Waals surface area (Å²) < 4.78 is 0. The summed E-state index contributed by atoms with van der Waals surface area (Å²) in [6, 6.07) is 9.85. The summed E-state index contributed by atoms with van der Waals surface area (Å²) in [5, 5.41) is 3.15. The molecule has 1 atom stereocenters. The summed E-state index contributed by atoms with van der Waals surface area (Å²) in [4.78, 5) is 11.2. The highest BCUT2D eigenvalue weighted by Gasteiger charge is 2.15. The number of carbonyl (C=O) groups is 1. The number of nitrogens with two attached hydrogens (primary N) is 1. The fraction of sp³-hybridized carbons (Fsp3) is 0.417. The van der Waals surface area contributed by atoms with E-state index in [0.717, 1.165) is 5.56 Å². The third-order valence-corrected chi connectivity index (χ3v) is 2.16. The minimum absolute atomic E-state index is 0.256. The zero-order chi connectivity index (χ0) is 11.3. The lowest BCUT2D eigenvalue weighted by molar-refractivity contribution is -0.120. The molecule has 1 unspecified atom stereocenters. The number of carbonyl (C=O) groups excluding carboxylic acids is 1. The van der Waals surface area contributed by atoms with E-state index < -0.39 is 0 Å². The topological polar surface area (TPSA) is 55.1 Å². The van der Waals surface area contributed by atoms with E-state index in [1.807, 2.05) is 44.2 Å². The van der Waals surface area contributed by atoms with Gasteiger partial charge in [0.15, 0.2) is 0 Å². The summed E-state index contributed by atoms with van der Waals surface area (Å²) >= 11 is 0. The molecular weight excluding hydrogens is 188 g/mol. The number of amides is 1. The maximum absolute atomic E-state index is 11.2. The maximum atomic E-state index is 11.2. The van der Waals surface area contributed by atoms with Gasteiger partial charge in [-0.2, -0.15) is 0 Å². The van der Waals surface area contributed by atoms with E-state index in [2.05, 4.69) is 5.32 Å². The van der Waals surface area contributed by atoms with Crippen LogP contribution in [0.5, 0.6) is 0 Å². The van der Waals surface area contributed by atoms with Crippen molar-refractivity contribution in [3.8, 4) is 0 Å². The van der Waals surface area contributed by atoms with Crippen LogP contribution in [0.15, 0.2) is 30.3 Å². The normalized spacial score (nSPS) is 12.7. The first-order chi connectivity index (χ1) is 7.09. The van der Waals surface area contributed by atoms with Crippen LogP contribution >= 0.6 is 0 Å². The standard InChI is InChI=1S/C12H18N2O/c1-9(2)14-11(12(13)15)8-10-6-4-3-5-7-10/h3-7,9,11,14H,8H2,1-2H3,(H2,13,15). The number of hydrogen-bond donors (Lipinski definition) is 2. The molecule has 3 nitrogen and oxygen atoms in total. The molecule has 0 fully saturated rings. The van der Waals surface area contributed by atoms with Crippen LogP contribution in [0, 0.1) is 0 Å². The lowest BCUT2D eigenvalue weighted by Gasteiger charge is -2.18. The molecule has 1 amide bonds. The minimum atomic E-state index is -0.299. The molecule has 0 aliphatic rings. The summed E-state index contributed by atoms with van der Waals surface area (Å²) in [6.07, 6.45) is 0.647. The van der Waals surface area contributed by atoms with Crippen LogP contribution in [0.25, 0.3) is 0 Å². The SMILES string of the molecule is CC(C)NC(Cc1ccccc1)C(N)=O. The molecular formula is C12H18N2O. The molecule has 0 saturated carbocycles. The van der Waals surface area contributed by atoms with Crippen molar-refractivity contribution in [3.63, 3.8) is 0 Å². The molecule has 0 bridgehead atoms. The van der Waals surface area contributed by atoms with Crippen LogP contribution in [0.4, 0.5) is 0 Å². The Balaban J connectivity index is 2.63. The van der Waals surface area contributed by atoms with Gasteiger partial charge in [-0.3, -0.25) is 4.79 Å². The van der Waals surface area contributed by atoms with Gasteiger partial charge in [0.1, 0.15) is 0 Å². The quantitative estimate of drug-likeness (QED) is 0.757. The van der Waals surface area contributed by atoms with E-state index in [1.54, 1.807) is 0 Å². The van der Waals surface area contributed by atoms with Crippen LogP contribution in [0.2, 0.25) is 0 Å². The molecule has 0 heterocycles. The van der Waals surface area contributed by atoms with Crippen molar-refractivity contribution < 1.29 is 4.79 Å². The molecule has 0 radical (unpaired) electrons. The smallest absolute Gasteiger partial charge is 0.234 e. The van der Waals surface area contributed by atoms with Crippen LogP contribution in [-0.2, 0) is 11.2 Å². The van der Waals surface area contributed by atoms with Crippen LogP contribution in [0.1, 0.15) is 19.4 Å². The third kappa shape index (κ3) is 4.13. The van der Waals surface area contributed by atoms with Gasteiger partial charge < -0.3 is 11.1 Å². The van der Waals surface area contributed by atoms with Gasteiger partial charge in [0.2, 0.25) is 5.91 Å². The summed E-state index contributed by atoms with van der Waals surface area (Å²) in [5.74, 6) is -0.299. The molecule has 1 aromatic rings. The van der Waals surface area contributed by atoms with Crippen molar-refractivity contribution in [2.24, 2.45) is 5.73 Å². The number of hydrogen-bond acceptors (Lipinski definition) is 2. The summed E-state index contributed by atoms with van der Waals surface area (Å²) in [5.41, 5.74) is 6.45. The lowest BCUT2D eigenvalue weighted by Crippen LogP contribution is -2.45. The Morgan fingerprint density at radius 3 is 2.40 bits per heavy atom. The zero-order valence-corrected chi connectivity index (χ0v) is 9.23. The fourth-order valence-corrected chi connectivity index (χ4v) is 1.49. The number of rotatable bonds is 5. The van der Waals surface area contributed by atoms with Crippen molar-refractivity contribution in [1.82, 2.24) is 5.32 Å². The Morgan fingerprint density at radius 2 is 1.93 bits per heavy atom. The maximum Gasteiger partial charge on any atom is 0.234 e. The summed E-state index contributed by atoms with van der Waals surface area (Å²) in [6.45, 7) is 4.00. The molecule has 82 valence electrons. The predicted molar refractivity (Wildman–Crippen MR) is 61.4 cm³/mol. The first kappa shape index (κ1) is 11.7. The van der Waals surface area contributed by atoms with E-state index in [1.165, 1.54) is 0 Å². The highest BCUT2D eigenvalue weighted by atomic mass is 16.1. The molecule has 0 saturated heterocycles. The molecule has 1 aromatic carbocycles. The Kier molecular flexibility index (Phi) is 4.31. The van der Waals surface area contributed by atoms with Crippen molar-refractivity contribution in [2.75, 3.05) is 0 Å². The van der Waals surface area contributed by atoms with E-state index in [9.17, 15) is 4.79 Å². The van der Waals surface area contributed by atoms with Crippen LogP contribution < -0.4 is 11.1 Å². The largest absolute Gasteiger partial charge is 0.368 e. The van der Waals surface area contributed by atoms with Gasteiger partial charge in [-0.05, 0) is 12.0 Å². The van der Waals surface area contributed by atoms with E-state index in [4.69, 9.17) is 5.73 Å². The van der Waals surface area contributed by atoms with Crippen molar-refractivity contribution in [3.05, 3.63) is 35.9 Å². The molecule has 0 aromatic heterocycles. The van der Waals surface area contributed by atoms with Gasteiger partial charge in [-0.15, -0.1) is 0 Å². The first-order valence-corrected chi connectivity index (χ1v) is 5.19. The zero-order valence-electron chi connectivity index (χ0n) is 9.23. The molecule has 3 N–H and O–H groups in total. The van der Waals surface area contributed by atoms with E-state index >= 15 is 0 Å². The fourth-order valence-electron chi connectivity index (χ4n) is 1.49. The monoisotopic (exact) mass is 206 g/mol. The van der Waals surface area contributed by atoms with Crippen LogP contribution in [-0.4, -0.2) is 18.0 Å². The predicted octanol–water partition coefficient (Wildman–Crippen LogP) is 1.08. The van der Waals surface area contributed by atoms with Crippen molar-refractivity contribution >= 4 is 5.91 Å². The van der Waals surface area contributed by atoms with Gasteiger partial charge in [0, 0.05) is 6.04 Å². The highest BCUT2D eigenvalue weighted by Crippen LogP contribution is 2.03. The average molecular weight is 206 g/mol. The Bertz CT molecular complexity index is 309.